The lowest BCUT2D eigenvalue weighted by Gasteiger charge is -2.18. The Morgan fingerprint density at radius 3 is 0.896 bits per heavy atom. The van der Waals surface area contributed by atoms with Gasteiger partial charge in [0.15, 0.2) is 6.10 Å². The van der Waals surface area contributed by atoms with Crippen LogP contribution in [0.2, 0.25) is 0 Å². The van der Waals surface area contributed by atoms with E-state index >= 15 is 0 Å². The molecule has 0 saturated carbocycles. The Kier molecular flexibility index (Phi) is 53.3. The van der Waals surface area contributed by atoms with Gasteiger partial charge in [0.1, 0.15) is 13.2 Å². The molecule has 0 spiro atoms. The minimum absolute atomic E-state index is 0.0857. The predicted molar refractivity (Wildman–Crippen MR) is 288 cm³/mol. The summed E-state index contributed by atoms with van der Waals surface area (Å²) in [5, 5.41) is 0. The fourth-order valence-electron chi connectivity index (χ4n) is 8.09. The molecule has 0 aromatic carbocycles. The summed E-state index contributed by atoms with van der Waals surface area (Å²) >= 11 is 0. The fraction of sp³-hybridized carbons (Fsp3) is 0.787. The van der Waals surface area contributed by atoms with Crippen LogP contribution in [0.5, 0.6) is 0 Å². The second-order valence-corrected chi connectivity index (χ2v) is 19.2. The van der Waals surface area contributed by atoms with Crippen LogP contribution >= 0.6 is 0 Å². The normalized spacial score (nSPS) is 12.5. The van der Waals surface area contributed by atoms with E-state index in [2.05, 4.69) is 81.5 Å². The van der Waals surface area contributed by atoms with Gasteiger partial charge in [-0.15, -0.1) is 0 Å². The number of carbonyl (C=O) groups is 3. The molecule has 0 amide bonds. The van der Waals surface area contributed by atoms with Crippen molar-refractivity contribution in [3.05, 3.63) is 60.8 Å². The maximum Gasteiger partial charge on any atom is 0.306 e. The van der Waals surface area contributed by atoms with E-state index in [0.29, 0.717) is 19.3 Å². The lowest BCUT2D eigenvalue weighted by molar-refractivity contribution is -0.167. The zero-order chi connectivity index (χ0) is 48.6. The third kappa shape index (κ3) is 53.9. The van der Waals surface area contributed by atoms with Crippen molar-refractivity contribution in [3.8, 4) is 0 Å². The standard InChI is InChI=1S/C61H108O6/c1-4-7-10-13-16-19-22-25-27-29-30-32-34-37-40-43-46-49-52-55-61(64)67-58(56-65-59(62)53-50-47-44-41-38-35-24-21-18-15-12-9-6-3)57-66-60(63)54-51-48-45-42-39-36-33-31-28-26-23-20-17-14-11-8-5-2/h17,20-21,24-28,33,36,58H,4-16,18-19,22-23,29-32,34-35,37-57H2,1-3H3/b20-17-,24-21-,27-25-,28-26-,36-33-/t58-/m0/s1. The van der Waals surface area contributed by atoms with Crippen molar-refractivity contribution in [1.82, 2.24) is 0 Å². The molecule has 67 heavy (non-hydrogen) atoms. The van der Waals surface area contributed by atoms with Crippen LogP contribution in [0.15, 0.2) is 60.8 Å². The summed E-state index contributed by atoms with van der Waals surface area (Å²) in [6.45, 7) is 6.59. The monoisotopic (exact) mass is 937 g/mol. The molecule has 0 heterocycles. The molecule has 6 heteroatoms. The van der Waals surface area contributed by atoms with E-state index in [1.807, 2.05) is 0 Å². The second-order valence-electron chi connectivity index (χ2n) is 19.2. The summed E-state index contributed by atoms with van der Waals surface area (Å²) in [6, 6.07) is 0. The molecule has 0 aromatic heterocycles. The Morgan fingerprint density at radius 2 is 0.537 bits per heavy atom. The number of unbranched alkanes of at least 4 members (excludes halogenated alkanes) is 31. The number of carbonyl (C=O) groups excluding carboxylic acids is 3. The van der Waals surface area contributed by atoms with Crippen LogP contribution in [-0.2, 0) is 28.6 Å². The van der Waals surface area contributed by atoms with Gasteiger partial charge in [0.25, 0.3) is 0 Å². The van der Waals surface area contributed by atoms with E-state index in [0.717, 1.165) is 89.9 Å². The van der Waals surface area contributed by atoms with Crippen LogP contribution in [0, 0.1) is 0 Å². The fourth-order valence-corrected chi connectivity index (χ4v) is 8.09. The number of rotatable bonds is 52. The highest BCUT2D eigenvalue weighted by atomic mass is 16.6. The first kappa shape index (κ1) is 64.1. The summed E-state index contributed by atoms with van der Waals surface area (Å²) in [4.78, 5) is 38.1. The van der Waals surface area contributed by atoms with Crippen LogP contribution in [0.4, 0.5) is 0 Å². The summed E-state index contributed by atoms with van der Waals surface area (Å²) < 4.78 is 16.8. The van der Waals surface area contributed by atoms with Crippen molar-refractivity contribution in [1.29, 1.82) is 0 Å². The summed E-state index contributed by atoms with van der Waals surface area (Å²) in [5.74, 6) is -0.908. The molecule has 0 aliphatic carbocycles. The maximum atomic E-state index is 12.9. The van der Waals surface area contributed by atoms with Gasteiger partial charge in [0.2, 0.25) is 0 Å². The van der Waals surface area contributed by atoms with Gasteiger partial charge in [-0.05, 0) is 109 Å². The van der Waals surface area contributed by atoms with E-state index < -0.39 is 6.10 Å². The molecule has 0 N–H and O–H groups in total. The predicted octanol–water partition coefficient (Wildman–Crippen LogP) is 19.2. The first-order valence-corrected chi connectivity index (χ1v) is 28.8. The van der Waals surface area contributed by atoms with Crippen LogP contribution < -0.4 is 0 Å². The minimum atomic E-state index is -0.787. The summed E-state index contributed by atoms with van der Waals surface area (Å²) in [7, 11) is 0. The van der Waals surface area contributed by atoms with Crippen LogP contribution in [0.1, 0.15) is 290 Å². The van der Waals surface area contributed by atoms with Gasteiger partial charge in [-0.3, -0.25) is 14.4 Å². The molecule has 0 unspecified atom stereocenters. The van der Waals surface area contributed by atoms with E-state index in [1.54, 1.807) is 0 Å². The molecule has 0 bridgehead atoms. The molecule has 0 rings (SSSR count). The van der Waals surface area contributed by atoms with E-state index in [-0.39, 0.29) is 31.1 Å². The Labute approximate surface area is 415 Å². The van der Waals surface area contributed by atoms with Crippen molar-refractivity contribution >= 4 is 17.9 Å². The number of allylic oxidation sites excluding steroid dienone is 10. The van der Waals surface area contributed by atoms with Crippen LogP contribution in [-0.4, -0.2) is 37.2 Å². The van der Waals surface area contributed by atoms with Crippen molar-refractivity contribution in [2.75, 3.05) is 13.2 Å². The average molecular weight is 938 g/mol. The number of ether oxygens (including phenoxy) is 3. The molecule has 0 aliphatic heterocycles. The lowest BCUT2D eigenvalue weighted by Crippen LogP contribution is -2.30. The number of hydrogen-bond donors (Lipinski definition) is 0. The van der Waals surface area contributed by atoms with Gasteiger partial charge in [-0.1, -0.05) is 223 Å². The molecule has 6 nitrogen and oxygen atoms in total. The largest absolute Gasteiger partial charge is 0.462 e. The smallest absolute Gasteiger partial charge is 0.306 e. The minimum Gasteiger partial charge on any atom is -0.462 e. The van der Waals surface area contributed by atoms with Gasteiger partial charge in [-0.2, -0.15) is 0 Å². The topological polar surface area (TPSA) is 78.9 Å². The Morgan fingerprint density at radius 1 is 0.299 bits per heavy atom. The average Bonchev–Trinajstić information content (AvgIpc) is 3.33. The third-order valence-corrected chi connectivity index (χ3v) is 12.5. The molecular formula is C61H108O6. The Balaban J connectivity index is 4.40. The zero-order valence-corrected chi connectivity index (χ0v) is 44.4. The molecule has 0 saturated heterocycles. The molecule has 0 fully saturated rings. The van der Waals surface area contributed by atoms with Crippen LogP contribution in [0.3, 0.4) is 0 Å². The highest BCUT2D eigenvalue weighted by molar-refractivity contribution is 5.71. The molecule has 0 aromatic rings. The lowest BCUT2D eigenvalue weighted by atomic mass is 10.1. The van der Waals surface area contributed by atoms with Gasteiger partial charge in [0, 0.05) is 19.3 Å². The summed E-state index contributed by atoms with van der Waals surface area (Å²) in [6.07, 6.45) is 69.2. The molecule has 0 aliphatic rings. The highest BCUT2D eigenvalue weighted by Crippen LogP contribution is 2.15. The van der Waals surface area contributed by atoms with Gasteiger partial charge < -0.3 is 14.2 Å². The SMILES string of the molecule is CCCCC/C=C\C/C=C\C/C=C\CCCCCCC(=O)OC[C@H](COC(=O)CCCCCCC/C=C\CCCCCC)OC(=O)CCCCCCCCCCC/C=C\CCCCCCCC. The maximum absolute atomic E-state index is 12.9. The first-order chi connectivity index (χ1) is 33.0. The van der Waals surface area contributed by atoms with E-state index in [1.165, 1.54) is 161 Å². The van der Waals surface area contributed by atoms with Crippen molar-refractivity contribution in [2.24, 2.45) is 0 Å². The molecular weight excluding hydrogens is 829 g/mol. The number of hydrogen-bond acceptors (Lipinski definition) is 6. The van der Waals surface area contributed by atoms with Crippen molar-refractivity contribution in [2.45, 2.75) is 297 Å². The molecule has 388 valence electrons. The highest BCUT2D eigenvalue weighted by Gasteiger charge is 2.19. The summed E-state index contributed by atoms with van der Waals surface area (Å²) in [5.41, 5.74) is 0. The van der Waals surface area contributed by atoms with Crippen molar-refractivity contribution in [3.63, 3.8) is 0 Å². The van der Waals surface area contributed by atoms with E-state index in [9.17, 15) is 14.4 Å². The van der Waals surface area contributed by atoms with Gasteiger partial charge in [-0.25, -0.2) is 0 Å². The quantitative estimate of drug-likeness (QED) is 0.0262. The first-order valence-electron chi connectivity index (χ1n) is 28.8. The molecule has 0 radical (unpaired) electrons. The number of esters is 3. The van der Waals surface area contributed by atoms with Crippen LogP contribution in [0.25, 0.3) is 0 Å². The molecule has 1 atom stereocenters. The van der Waals surface area contributed by atoms with Crippen molar-refractivity contribution < 1.29 is 28.6 Å². The third-order valence-electron chi connectivity index (χ3n) is 12.5. The zero-order valence-electron chi connectivity index (χ0n) is 44.4. The Hall–Kier alpha value is -2.89. The van der Waals surface area contributed by atoms with E-state index in [4.69, 9.17) is 14.2 Å². The second kappa shape index (κ2) is 55.7. The van der Waals surface area contributed by atoms with Gasteiger partial charge in [0.05, 0.1) is 0 Å². The van der Waals surface area contributed by atoms with Gasteiger partial charge >= 0.3 is 17.9 Å². The Bertz CT molecular complexity index is 1210.